The van der Waals surface area contributed by atoms with Gasteiger partial charge in [-0.2, -0.15) is 0 Å². The molecular formula is C13H22S. The first-order valence-corrected chi connectivity index (χ1v) is 6.40. The van der Waals surface area contributed by atoms with E-state index in [2.05, 4.69) is 39.8 Å². The third-order valence-electron chi connectivity index (χ3n) is 2.20. The van der Waals surface area contributed by atoms with E-state index in [4.69, 9.17) is 0 Å². The summed E-state index contributed by atoms with van der Waals surface area (Å²) in [6, 6.07) is 4.61. The number of hydrogen-bond donors (Lipinski definition) is 0. The Morgan fingerprint density at radius 1 is 1.14 bits per heavy atom. The van der Waals surface area contributed by atoms with Crippen molar-refractivity contribution in [1.82, 2.24) is 0 Å². The van der Waals surface area contributed by atoms with Crippen molar-refractivity contribution < 1.29 is 0 Å². The fraction of sp³-hybridized carbons (Fsp3) is 0.692. The molecule has 80 valence electrons. The normalized spacial score (nSPS) is 12.0. The molecule has 0 aliphatic carbocycles. The third kappa shape index (κ3) is 4.28. The molecule has 0 nitrogen and oxygen atoms in total. The first-order valence-electron chi connectivity index (χ1n) is 5.59. The van der Waals surface area contributed by atoms with Crippen LogP contribution < -0.4 is 0 Å². The van der Waals surface area contributed by atoms with E-state index < -0.39 is 0 Å². The average molecular weight is 210 g/mol. The summed E-state index contributed by atoms with van der Waals surface area (Å²) in [6.45, 7) is 9.17. The molecule has 14 heavy (non-hydrogen) atoms. The van der Waals surface area contributed by atoms with Gasteiger partial charge in [-0.25, -0.2) is 0 Å². The van der Waals surface area contributed by atoms with Crippen LogP contribution in [-0.4, -0.2) is 0 Å². The fourth-order valence-corrected chi connectivity index (χ4v) is 2.89. The van der Waals surface area contributed by atoms with Gasteiger partial charge in [0.15, 0.2) is 0 Å². The van der Waals surface area contributed by atoms with Crippen LogP contribution in [-0.2, 0) is 12.8 Å². The van der Waals surface area contributed by atoms with Crippen molar-refractivity contribution in [3.63, 3.8) is 0 Å². The van der Waals surface area contributed by atoms with Crippen LogP contribution in [0.3, 0.4) is 0 Å². The highest BCUT2D eigenvalue weighted by molar-refractivity contribution is 7.11. The van der Waals surface area contributed by atoms with Gasteiger partial charge in [0.25, 0.3) is 0 Å². The van der Waals surface area contributed by atoms with E-state index in [1.165, 1.54) is 25.7 Å². The van der Waals surface area contributed by atoms with Crippen LogP contribution in [0.15, 0.2) is 12.1 Å². The van der Waals surface area contributed by atoms with Crippen molar-refractivity contribution in [2.24, 2.45) is 5.41 Å². The zero-order chi connectivity index (χ0) is 10.6. The minimum Gasteiger partial charge on any atom is -0.145 e. The summed E-state index contributed by atoms with van der Waals surface area (Å²) in [5.41, 5.74) is 0.423. The summed E-state index contributed by atoms with van der Waals surface area (Å²) in [7, 11) is 0. The van der Waals surface area contributed by atoms with E-state index in [0.29, 0.717) is 5.41 Å². The van der Waals surface area contributed by atoms with E-state index in [1.807, 2.05) is 11.3 Å². The van der Waals surface area contributed by atoms with Gasteiger partial charge in [-0.15, -0.1) is 11.3 Å². The summed E-state index contributed by atoms with van der Waals surface area (Å²) in [4.78, 5) is 3.11. The van der Waals surface area contributed by atoms with Gasteiger partial charge in [-0.3, -0.25) is 0 Å². The average Bonchev–Trinajstić information content (AvgIpc) is 2.46. The van der Waals surface area contributed by atoms with Crippen molar-refractivity contribution in [2.45, 2.75) is 53.4 Å². The SMILES string of the molecule is CCCCc1ccc(CC(C)(C)C)s1. The lowest BCUT2D eigenvalue weighted by molar-refractivity contribution is 0.414. The molecule has 0 saturated carbocycles. The van der Waals surface area contributed by atoms with Crippen LogP contribution in [0, 0.1) is 5.41 Å². The predicted octanol–water partition coefficient (Wildman–Crippen LogP) is 4.68. The van der Waals surface area contributed by atoms with Gasteiger partial charge in [-0.1, -0.05) is 34.1 Å². The van der Waals surface area contributed by atoms with Gasteiger partial charge in [0, 0.05) is 9.75 Å². The molecule has 1 heterocycles. The molecule has 0 aromatic carbocycles. The van der Waals surface area contributed by atoms with Gasteiger partial charge in [0.1, 0.15) is 0 Å². The van der Waals surface area contributed by atoms with Gasteiger partial charge >= 0.3 is 0 Å². The van der Waals surface area contributed by atoms with Crippen molar-refractivity contribution in [3.8, 4) is 0 Å². The molecule has 1 rings (SSSR count). The zero-order valence-electron chi connectivity index (χ0n) is 9.89. The van der Waals surface area contributed by atoms with Crippen molar-refractivity contribution in [3.05, 3.63) is 21.9 Å². The first-order chi connectivity index (χ1) is 6.51. The molecule has 0 radical (unpaired) electrons. The van der Waals surface area contributed by atoms with E-state index in [9.17, 15) is 0 Å². The Morgan fingerprint density at radius 3 is 2.36 bits per heavy atom. The molecule has 1 aromatic heterocycles. The van der Waals surface area contributed by atoms with Crippen LogP contribution in [0.4, 0.5) is 0 Å². The highest BCUT2D eigenvalue weighted by Crippen LogP contribution is 2.26. The van der Waals surface area contributed by atoms with Gasteiger partial charge in [0.05, 0.1) is 0 Å². The van der Waals surface area contributed by atoms with Gasteiger partial charge in [0.2, 0.25) is 0 Å². The fourth-order valence-electron chi connectivity index (χ4n) is 1.53. The second-order valence-electron chi connectivity index (χ2n) is 5.21. The van der Waals surface area contributed by atoms with Crippen LogP contribution in [0.25, 0.3) is 0 Å². The monoisotopic (exact) mass is 210 g/mol. The highest BCUT2D eigenvalue weighted by atomic mass is 32.1. The molecule has 0 aliphatic rings. The molecule has 0 bridgehead atoms. The molecule has 1 aromatic rings. The maximum atomic E-state index is 2.31. The highest BCUT2D eigenvalue weighted by Gasteiger charge is 2.12. The third-order valence-corrected chi connectivity index (χ3v) is 3.34. The molecule has 0 fully saturated rings. The quantitative estimate of drug-likeness (QED) is 0.677. The maximum absolute atomic E-state index is 2.31. The summed E-state index contributed by atoms with van der Waals surface area (Å²) < 4.78 is 0. The molecular weight excluding hydrogens is 188 g/mol. The second kappa shape index (κ2) is 4.97. The first kappa shape index (κ1) is 11.8. The summed E-state index contributed by atoms with van der Waals surface area (Å²) >= 11 is 2.00. The van der Waals surface area contributed by atoms with E-state index >= 15 is 0 Å². The van der Waals surface area contributed by atoms with Crippen molar-refractivity contribution in [1.29, 1.82) is 0 Å². The smallest absolute Gasteiger partial charge is 0.00533 e. The summed E-state index contributed by atoms with van der Waals surface area (Å²) in [5.74, 6) is 0. The minimum absolute atomic E-state index is 0.423. The van der Waals surface area contributed by atoms with E-state index in [1.54, 1.807) is 9.75 Å². The lowest BCUT2D eigenvalue weighted by atomic mass is 9.92. The molecule has 0 spiro atoms. The Morgan fingerprint density at radius 2 is 1.79 bits per heavy atom. The van der Waals surface area contributed by atoms with Crippen molar-refractivity contribution in [2.75, 3.05) is 0 Å². The lowest BCUT2D eigenvalue weighted by Gasteiger charge is -2.16. The minimum atomic E-state index is 0.423. The molecule has 0 amide bonds. The Bertz CT molecular complexity index is 265. The summed E-state index contributed by atoms with van der Waals surface area (Å²) in [5, 5.41) is 0. The zero-order valence-corrected chi connectivity index (χ0v) is 10.7. The standard InChI is InChI=1S/C13H22S/c1-5-6-7-11-8-9-12(14-11)10-13(2,3)4/h8-9H,5-7,10H2,1-4H3. The second-order valence-corrected chi connectivity index (χ2v) is 6.46. The van der Waals surface area contributed by atoms with Gasteiger partial charge in [-0.05, 0) is 36.8 Å². The van der Waals surface area contributed by atoms with Crippen LogP contribution in [0.1, 0.15) is 50.3 Å². The number of rotatable bonds is 4. The Kier molecular flexibility index (Phi) is 4.18. The predicted molar refractivity (Wildman–Crippen MR) is 66.1 cm³/mol. The number of thiophene rings is 1. The Hall–Kier alpha value is -0.300. The Labute approximate surface area is 92.4 Å². The topological polar surface area (TPSA) is 0 Å². The Balaban J connectivity index is 2.51. The molecule has 0 saturated heterocycles. The van der Waals surface area contributed by atoms with Gasteiger partial charge < -0.3 is 0 Å². The van der Waals surface area contributed by atoms with Crippen LogP contribution in [0.2, 0.25) is 0 Å². The molecule has 1 heteroatoms. The van der Waals surface area contributed by atoms with Crippen LogP contribution in [0.5, 0.6) is 0 Å². The van der Waals surface area contributed by atoms with Crippen LogP contribution >= 0.6 is 11.3 Å². The van der Waals surface area contributed by atoms with E-state index in [-0.39, 0.29) is 0 Å². The van der Waals surface area contributed by atoms with Crippen molar-refractivity contribution >= 4 is 11.3 Å². The molecule has 0 atom stereocenters. The maximum Gasteiger partial charge on any atom is 0.00533 e. The molecule has 0 N–H and O–H groups in total. The van der Waals surface area contributed by atoms with E-state index in [0.717, 1.165) is 0 Å². The number of hydrogen-bond acceptors (Lipinski definition) is 1. The largest absolute Gasteiger partial charge is 0.145 e. The summed E-state index contributed by atoms with van der Waals surface area (Å²) in [6.07, 6.45) is 5.11. The molecule has 0 unspecified atom stereocenters. The molecule has 0 aliphatic heterocycles. The number of unbranched alkanes of at least 4 members (excludes halogenated alkanes) is 1. The number of aryl methyl sites for hydroxylation is 1. The lowest BCUT2D eigenvalue weighted by Crippen LogP contribution is -2.07.